The van der Waals surface area contributed by atoms with E-state index < -0.39 is 18.6 Å². The molecule has 1 amide bonds. The number of aliphatic hydroxyl groups excluding tert-OH is 2. The number of benzene rings is 1. The number of nitrogens with two attached hydrogens (primary N) is 1. The van der Waals surface area contributed by atoms with Crippen molar-refractivity contribution in [2.24, 2.45) is 5.41 Å². The quantitative estimate of drug-likeness (QED) is 0.332. The van der Waals surface area contributed by atoms with Gasteiger partial charge < -0.3 is 20.8 Å². The Morgan fingerprint density at radius 2 is 1.84 bits per heavy atom. The van der Waals surface area contributed by atoms with Gasteiger partial charge in [0.15, 0.2) is 11.4 Å². The molecule has 5 rings (SSSR count). The Labute approximate surface area is 220 Å². The minimum atomic E-state index is -1.22. The van der Waals surface area contributed by atoms with Gasteiger partial charge in [-0.1, -0.05) is 11.6 Å². The lowest BCUT2D eigenvalue weighted by Gasteiger charge is -2.37. The first-order valence-electron chi connectivity index (χ1n) is 12.7. The summed E-state index contributed by atoms with van der Waals surface area (Å²) in [4.78, 5) is 36.8. The SMILES string of the molecule is CC(=O)c1c(C2CCN(C(=O)C(C)(CO)CO)CC2)nc2c(-c3cnc4ccc(C)cc4c3)cnn2c1N. The third-order valence-electron chi connectivity index (χ3n) is 7.59. The predicted octanol–water partition coefficient (Wildman–Crippen LogP) is 2.73. The fraction of sp³-hybridized carbons (Fsp3) is 0.393. The number of carbonyl (C=O) groups is 2. The van der Waals surface area contributed by atoms with Crippen molar-refractivity contribution in [3.05, 3.63) is 53.5 Å². The lowest BCUT2D eigenvalue weighted by Crippen LogP contribution is -2.49. The molecule has 10 heteroatoms. The molecule has 0 spiro atoms. The van der Waals surface area contributed by atoms with Crippen molar-refractivity contribution < 1.29 is 19.8 Å². The Hall–Kier alpha value is -3.89. The number of ketones is 1. The summed E-state index contributed by atoms with van der Waals surface area (Å²) >= 11 is 0. The van der Waals surface area contributed by atoms with E-state index in [2.05, 4.69) is 16.1 Å². The molecule has 1 aliphatic heterocycles. The van der Waals surface area contributed by atoms with E-state index in [4.69, 9.17) is 10.7 Å². The Bertz CT molecular complexity index is 1550. The number of pyridine rings is 1. The van der Waals surface area contributed by atoms with Gasteiger partial charge in [-0.25, -0.2) is 4.98 Å². The van der Waals surface area contributed by atoms with Gasteiger partial charge in [-0.15, -0.1) is 0 Å². The Morgan fingerprint density at radius 1 is 1.13 bits per heavy atom. The highest BCUT2D eigenvalue weighted by molar-refractivity contribution is 6.00. The van der Waals surface area contributed by atoms with Crippen LogP contribution in [-0.2, 0) is 4.79 Å². The smallest absolute Gasteiger partial charge is 0.233 e. The number of aliphatic hydroxyl groups is 2. The fourth-order valence-corrected chi connectivity index (χ4v) is 5.21. The number of Topliss-reactive ketones (excluding diaryl/α,β-unsaturated/α-hetero) is 1. The number of nitrogen functional groups attached to an aromatic ring is 1. The molecule has 0 saturated carbocycles. The summed E-state index contributed by atoms with van der Waals surface area (Å²) in [6.45, 7) is 5.03. The molecule has 1 aliphatic rings. The number of anilines is 1. The first kappa shape index (κ1) is 25.7. The van der Waals surface area contributed by atoms with Gasteiger partial charge in [0.05, 0.1) is 41.6 Å². The maximum absolute atomic E-state index is 12.9. The number of nitrogens with zero attached hydrogens (tertiary/aromatic N) is 5. The highest BCUT2D eigenvalue weighted by Crippen LogP contribution is 2.36. The van der Waals surface area contributed by atoms with Gasteiger partial charge in [0.1, 0.15) is 5.82 Å². The lowest BCUT2D eigenvalue weighted by molar-refractivity contribution is -0.147. The van der Waals surface area contributed by atoms with Crippen LogP contribution in [0.2, 0.25) is 0 Å². The maximum atomic E-state index is 12.9. The van der Waals surface area contributed by atoms with E-state index >= 15 is 0 Å². The summed E-state index contributed by atoms with van der Waals surface area (Å²) in [5, 5.41) is 24.7. The van der Waals surface area contributed by atoms with E-state index in [1.807, 2.05) is 25.1 Å². The van der Waals surface area contributed by atoms with E-state index in [0.29, 0.717) is 42.8 Å². The van der Waals surface area contributed by atoms with Gasteiger partial charge >= 0.3 is 0 Å². The second-order valence-electron chi connectivity index (χ2n) is 10.5. The first-order valence-corrected chi connectivity index (χ1v) is 12.7. The summed E-state index contributed by atoms with van der Waals surface area (Å²) in [6, 6.07) is 8.13. The zero-order valence-corrected chi connectivity index (χ0v) is 21.8. The van der Waals surface area contributed by atoms with Crippen molar-refractivity contribution in [3.8, 4) is 11.1 Å². The van der Waals surface area contributed by atoms with Crippen LogP contribution in [0, 0.1) is 12.3 Å². The number of hydrogen-bond donors (Lipinski definition) is 3. The monoisotopic (exact) mass is 516 g/mol. The Kier molecular flexibility index (Phi) is 6.62. The molecule has 198 valence electrons. The van der Waals surface area contributed by atoms with Crippen molar-refractivity contribution in [2.45, 2.75) is 39.5 Å². The van der Waals surface area contributed by atoms with Gasteiger partial charge in [-0.3, -0.25) is 14.6 Å². The molecule has 0 bridgehead atoms. The molecule has 1 fully saturated rings. The topological polar surface area (TPSA) is 147 Å². The highest BCUT2D eigenvalue weighted by atomic mass is 16.3. The van der Waals surface area contributed by atoms with Crippen molar-refractivity contribution >= 4 is 34.1 Å². The van der Waals surface area contributed by atoms with Crippen LogP contribution in [0.5, 0.6) is 0 Å². The number of fused-ring (bicyclic) bond motifs is 2. The highest BCUT2D eigenvalue weighted by Gasteiger charge is 2.38. The molecule has 0 unspecified atom stereocenters. The molecule has 1 saturated heterocycles. The van der Waals surface area contributed by atoms with Crippen LogP contribution in [0.4, 0.5) is 5.82 Å². The number of carbonyl (C=O) groups excluding carboxylic acids is 2. The molecule has 4 N–H and O–H groups in total. The number of piperidine rings is 1. The predicted molar refractivity (Wildman–Crippen MR) is 144 cm³/mol. The number of aromatic nitrogens is 4. The molecule has 0 atom stereocenters. The second-order valence-corrected chi connectivity index (χ2v) is 10.5. The van der Waals surface area contributed by atoms with E-state index in [0.717, 1.165) is 27.6 Å². The minimum Gasteiger partial charge on any atom is -0.395 e. The molecule has 38 heavy (non-hydrogen) atoms. The minimum absolute atomic E-state index is 0.0973. The Morgan fingerprint density at radius 3 is 2.50 bits per heavy atom. The van der Waals surface area contributed by atoms with Gasteiger partial charge in [0.2, 0.25) is 5.91 Å². The summed E-state index contributed by atoms with van der Waals surface area (Å²) in [6.07, 6.45) is 4.62. The van der Waals surface area contributed by atoms with Crippen LogP contribution in [0.25, 0.3) is 27.7 Å². The van der Waals surface area contributed by atoms with E-state index in [9.17, 15) is 19.8 Å². The van der Waals surface area contributed by atoms with Gasteiger partial charge in [0.25, 0.3) is 0 Å². The molecule has 10 nitrogen and oxygen atoms in total. The summed E-state index contributed by atoms with van der Waals surface area (Å²) < 4.78 is 1.50. The van der Waals surface area contributed by atoms with Crippen molar-refractivity contribution in [1.82, 2.24) is 24.5 Å². The van der Waals surface area contributed by atoms with Gasteiger partial charge in [0, 0.05) is 41.7 Å². The molecule has 3 aromatic heterocycles. The van der Waals surface area contributed by atoms with Crippen LogP contribution in [-0.4, -0.2) is 72.7 Å². The van der Waals surface area contributed by atoms with Crippen molar-refractivity contribution in [2.75, 3.05) is 32.0 Å². The maximum Gasteiger partial charge on any atom is 0.233 e. The molecule has 0 aliphatic carbocycles. The fourth-order valence-electron chi connectivity index (χ4n) is 5.21. The van der Waals surface area contributed by atoms with Crippen LogP contribution >= 0.6 is 0 Å². The van der Waals surface area contributed by atoms with Gasteiger partial charge in [-0.2, -0.15) is 9.61 Å². The number of aryl methyl sites for hydroxylation is 1. The van der Waals surface area contributed by atoms with Crippen LogP contribution in [0.15, 0.2) is 36.7 Å². The lowest BCUT2D eigenvalue weighted by atomic mass is 9.86. The largest absolute Gasteiger partial charge is 0.395 e. The molecular formula is C28H32N6O4. The molecule has 0 radical (unpaired) electrons. The van der Waals surface area contributed by atoms with Crippen LogP contribution in [0.3, 0.4) is 0 Å². The van der Waals surface area contributed by atoms with Crippen molar-refractivity contribution in [1.29, 1.82) is 0 Å². The van der Waals surface area contributed by atoms with E-state index in [-0.39, 0.29) is 23.4 Å². The Balaban J connectivity index is 1.53. The van der Waals surface area contributed by atoms with Gasteiger partial charge in [-0.05, 0) is 51.8 Å². The average Bonchev–Trinajstić information content (AvgIpc) is 3.36. The normalized spacial score (nSPS) is 14.9. The number of amides is 1. The second kappa shape index (κ2) is 9.77. The average molecular weight is 517 g/mol. The number of rotatable bonds is 6. The standard InChI is InChI=1S/C28H32N6O4/c1-16-4-5-22-19(10-16)11-20(12-30-22)21-13-31-34-25(29)23(17(2)37)24(32-26(21)34)18-6-8-33(9-7-18)27(38)28(3,14-35)15-36/h4-5,10-13,18,35-36H,6-9,14-15,29H2,1-3H3. The van der Waals surface area contributed by atoms with E-state index in [1.54, 1.807) is 24.2 Å². The zero-order chi connectivity index (χ0) is 27.2. The zero-order valence-electron chi connectivity index (χ0n) is 21.8. The molecule has 4 heterocycles. The van der Waals surface area contributed by atoms with Crippen molar-refractivity contribution in [3.63, 3.8) is 0 Å². The number of hydrogen-bond acceptors (Lipinski definition) is 8. The van der Waals surface area contributed by atoms with Crippen LogP contribution in [0.1, 0.15) is 54.2 Å². The summed E-state index contributed by atoms with van der Waals surface area (Å²) in [5.41, 5.74) is 10.4. The third-order valence-corrected chi connectivity index (χ3v) is 7.59. The summed E-state index contributed by atoms with van der Waals surface area (Å²) in [5.74, 6) is -0.342. The molecule has 1 aromatic carbocycles. The summed E-state index contributed by atoms with van der Waals surface area (Å²) in [7, 11) is 0. The van der Waals surface area contributed by atoms with Crippen LogP contribution < -0.4 is 5.73 Å². The van der Waals surface area contributed by atoms with E-state index in [1.165, 1.54) is 11.4 Å². The first-order chi connectivity index (χ1) is 18.2. The number of likely N-dealkylation sites (tertiary alicyclic amines) is 1. The molecular weight excluding hydrogens is 484 g/mol. The third kappa shape index (κ3) is 4.29. The molecule has 4 aromatic rings.